The summed E-state index contributed by atoms with van der Waals surface area (Å²) in [6.45, 7) is -2.32. The van der Waals surface area contributed by atoms with E-state index >= 15 is 0 Å². The Hall–Kier alpha value is -1.71. The predicted octanol–water partition coefficient (Wildman–Crippen LogP) is 2.45. The number of nitrogens with two attached hydrogens (primary N) is 1. The summed E-state index contributed by atoms with van der Waals surface area (Å²) < 4.78 is 80.1. The summed E-state index contributed by atoms with van der Waals surface area (Å²) in [5.41, 5.74) is 1.45. The lowest BCUT2D eigenvalue weighted by molar-refractivity contribution is -0.202. The van der Waals surface area contributed by atoms with Gasteiger partial charge in [0.25, 0.3) is 5.91 Å². The van der Waals surface area contributed by atoms with Crippen molar-refractivity contribution in [1.82, 2.24) is 4.90 Å². The molecule has 0 bridgehead atoms. The second-order valence-corrected chi connectivity index (χ2v) is 4.56. The summed E-state index contributed by atoms with van der Waals surface area (Å²) >= 11 is 0. The molecule has 0 aliphatic rings. The lowest BCUT2D eigenvalue weighted by atomic mass is 10.0. The van der Waals surface area contributed by atoms with E-state index < -0.39 is 36.9 Å². The molecule has 1 heterocycles. The molecule has 21 heavy (non-hydrogen) atoms. The van der Waals surface area contributed by atoms with E-state index in [1.807, 2.05) is 0 Å². The first-order chi connectivity index (χ1) is 9.34. The molecule has 1 aromatic rings. The monoisotopic (exact) mass is 318 g/mol. The van der Waals surface area contributed by atoms with E-state index in [-0.39, 0.29) is 10.7 Å². The Morgan fingerprint density at radius 1 is 1.29 bits per heavy atom. The van der Waals surface area contributed by atoms with Gasteiger partial charge in [0.1, 0.15) is 12.3 Å². The van der Waals surface area contributed by atoms with Gasteiger partial charge < -0.3 is 15.1 Å². The molecule has 1 rings (SSSR count). The van der Waals surface area contributed by atoms with Gasteiger partial charge in [-0.3, -0.25) is 4.79 Å². The fraction of sp³-hybridized carbons (Fsp3) is 0.545. The Morgan fingerprint density at radius 2 is 1.86 bits per heavy atom. The lowest BCUT2D eigenvalue weighted by Gasteiger charge is -2.33. The van der Waals surface area contributed by atoms with Crippen LogP contribution in [0.15, 0.2) is 22.8 Å². The Morgan fingerprint density at radius 3 is 2.24 bits per heavy atom. The van der Waals surface area contributed by atoms with Crippen LogP contribution < -0.4 is 5.73 Å². The molecule has 1 atom stereocenters. The lowest BCUT2D eigenvalue weighted by Crippen LogP contribution is -2.62. The molecule has 0 aliphatic heterocycles. The quantitative estimate of drug-likeness (QED) is 0.868. The van der Waals surface area contributed by atoms with Crippen LogP contribution >= 0.6 is 0 Å². The molecule has 1 amide bonds. The first kappa shape index (κ1) is 17.3. The largest absolute Gasteiger partial charge is 0.467 e. The van der Waals surface area contributed by atoms with Crippen LogP contribution in [0.5, 0.6) is 0 Å². The average Bonchev–Trinajstić information content (AvgIpc) is 2.76. The Balaban J connectivity index is 3.03. The van der Waals surface area contributed by atoms with Crippen LogP contribution in [0, 0.1) is 0 Å². The van der Waals surface area contributed by atoms with E-state index in [1.165, 1.54) is 12.1 Å². The number of amides is 1. The van der Waals surface area contributed by atoms with Gasteiger partial charge in [-0.15, -0.1) is 0 Å². The molecule has 1 aromatic heterocycles. The number of hydrogen-bond donors (Lipinski definition) is 1. The minimum Gasteiger partial charge on any atom is -0.467 e. The van der Waals surface area contributed by atoms with Gasteiger partial charge in [0, 0.05) is 0 Å². The molecule has 4 nitrogen and oxygen atoms in total. The molecule has 10 heteroatoms. The zero-order chi connectivity index (χ0) is 16.5. The van der Waals surface area contributed by atoms with Gasteiger partial charge in [-0.1, -0.05) is 0 Å². The minimum atomic E-state index is -5.18. The summed E-state index contributed by atoms with van der Waals surface area (Å²) in [5, 5.41) is 0. The molecule has 1 unspecified atom stereocenters. The summed E-state index contributed by atoms with van der Waals surface area (Å²) in [4.78, 5) is 11.7. The normalized spacial score (nSPS) is 15.6. The highest BCUT2D eigenvalue weighted by Crippen LogP contribution is 2.31. The third kappa shape index (κ3) is 4.38. The Bertz CT molecular complexity index is 478. The summed E-state index contributed by atoms with van der Waals surface area (Å²) in [7, 11) is 0. The first-order valence-electron chi connectivity index (χ1n) is 5.59. The molecule has 0 saturated carbocycles. The third-order valence-electron chi connectivity index (χ3n) is 2.62. The maximum Gasteiger partial charge on any atom is 0.415 e. The van der Waals surface area contributed by atoms with Gasteiger partial charge in [0.05, 0.1) is 12.8 Å². The number of furan rings is 1. The molecule has 2 N–H and O–H groups in total. The van der Waals surface area contributed by atoms with E-state index in [0.29, 0.717) is 6.92 Å². The van der Waals surface area contributed by atoms with Crippen LogP contribution in [0.1, 0.15) is 12.7 Å². The molecule has 0 aliphatic carbocycles. The fourth-order valence-electron chi connectivity index (χ4n) is 1.46. The number of rotatable bonds is 4. The standard InChI is InChI=1S/C11H12F6N2O2/c1-9(18,11(15,16)17)8(20)19(6-10(12,13)14)5-7-3-2-4-21-7/h2-4H,5-6,18H2,1H3. The van der Waals surface area contributed by atoms with E-state index in [2.05, 4.69) is 0 Å². The van der Waals surface area contributed by atoms with E-state index in [4.69, 9.17) is 10.2 Å². The highest BCUT2D eigenvalue weighted by Gasteiger charge is 2.56. The van der Waals surface area contributed by atoms with Crippen LogP contribution in [0.3, 0.4) is 0 Å². The molecule has 0 radical (unpaired) electrons. The molecule has 0 aromatic carbocycles. The van der Waals surface area contributed by atoms with Crippen LogP contribution in [0.4, 0.5) is 26.3 Å². The summed E-state index contributed by atoms with van der Waals surface area (Å²) in [5.74, 6) is -1.98. The van der Waals surface area contributed by atoms with E-state index in [1.54, 1.807) is 0 Å². The third-order valence-corrected chi connectivity index (χ3v) is 2.62. The van der Waals surface area contributed by atoms with Gasteiger partial charge in [0.2, 0.25) is 0 Å². The zero-order valence-corrected chi connectivity index (χ0v) is 10.8. The van der Waals surface area contributed by atoms with Crippen LogP contribution in [0.2, 0.25) is 0 Å². The smallest absolute Gasteiger partial charge is 0.415 e. The van der Waals surface area contributed by atoms with Crippen molar-refractivity contribution in [1.29, 1.82) is 0 Å². The first-order valence-corrected chi connectivity index (χ1v) is 5.59. The van der Waals surface area contributed by atoms with Gasteiger partial charge in [0.15, 0.2) is 5.54 Å². The van der Waals surface area contributed by atoms with Gasteiger partial charge >= 0.3 is 12.4 Å². The molecule has 0 spiro atoms. The summed E-state index contributed by atoms with van der Waals surface area (Å²) in [6, 6.07) is 2.56. The predicted molar refractivity (Wildman–Crippen MR) is 58.8 cm³/mol. The number of alkyl halides is 6. The van der Waals surface area contributed by atoms with Crippen molar-refractivity contribution in [3.05, 3.63) is 24.2 Å². The second-order valence-electron chi connectivity index (χ2n) is 4.56. The summed E-state index contributed by atoms with van der Waals surface area (Å²) in [6.07, 6.45) is -8.93. The maximum atomic E-state index is 12.7. The van der Waals surface area contributed by atoms with Crippen molar-refractivity contribution in [3.8, 4) is 0 Å². The Kier molecular flexibility index (Phi) is 4.61. The zero-order valence-electron chi connectivity index (χ0n) is 10.8. The fourth-order valence-corrected chi connectivity index (χ4v) is 1.46. The topological polar surface area (TPSA) is 59.5 Å². The SMILES string of the molecule is CC(N)(C(=O)N(Cc1ccco1)CC(F)(F)F)C(F)(F)F. The average molecular weight is 318 g/mol. The molecular weight excluding hydrogens is 306 g/mol. The highest BCUT2D eigenvalue weighted by molar-refractivity contribution is 5.86. The molecule has 120 valence electrons. The van der Waals surface area contributed by atoms with Crippen molar-refractivity contribution in [2.45, 2.75) is 31.4 Å². The van der Waals surface area contributed by atoms with Crippen molar-refractivity contribution in [3.63, 3.8) is 0 Å². The number of hydrogen-bond acceptors (Lipinski definition) is 3. The second kappa shape index (κ2) is 5.58. The van der Waals surface area contributed by atoms with Crippen LogP contribution in [-0.2, 0) is 11.3 Å². The number of halogens is 6. The maximum absolute atomic E-state index is 12.7. The van der Waals surface area contributed by atoms with E-state index in [9.17, 15) is 31.1 Å². The highest BCUT2D eigenvalue weighted by atomic mass is 19.4. The van der Waals surface area contributed by atoms with Crippen molar-refractivity contribution in [2.75, 3.05) is 6.54 Å². The Labute approximate surface area is 115 Å². The van der Waals surface area contributed by atoms with Crippen molar-refractivity contribution < 1.29 is 35.6 Å². The number of nitrogens with zero attached hydrogens (tertiary/aromatic N) is 1. The van der Waals surface area contributed by atoms with Crippen LogP contribution in [0.25, 0.3) is 0 Å². The van der Waals surface area contributed by atoms with E-state index in [0.717, 1.165) is 6.26 Å². The van der Waals surface area contributed by atoms with Gasteiger partial charge in [-0.25, -0.2) is 0 Å². The minimum absolute atomic E-state index is 0.0354. The van der Waals surface area contributed by atoms with Crippen molar-refractivity contribution in [2.24, 2.45) is 5.73 Å². The number of carbonyl (C=O) groups excluding carboxylic acids is 1. The number of carbonyl (C=O) groups is 1. The molecular formula is C11H12F6N2O2. The van der Waals surface area contributed by atoms with Gasteiger partial charge in [-0.2, -0.15) is 26.3 Å². The van der Waals surface area contributed by atoms with Crippen molar-refractivity contribution >= 4 is 5.91 Å². The molecule has 0 saturated heterocycles. The molecule has 0 fully saturated rings. The van der Waals surface area contributed by atoms with Crippen LogP contribution in [-0.4, -0.2) is 35.2 Å². The van der Waals surface area contributed by atoms with Gasteiger partial charge in [-0.05, 0) is 19.1 Å².